The van der Waals surface area contributed by atoms with E-state index >= 15 is 0 Å². The van der Waals surface area contributed by atoms with Gasteiger partial charge in [0.1, 0.15) is 0 Å². The van der Waals surface area contributed by atoms with Crippen molar-refractivity contribution in [1.82, 2.24) is 4.90 Å². The number of imide groups is 1. The summed E-state index contributed by atoms with van der Waals surface area (Å²) in [7, 11) is 1.45. The van der Waals surface area contributed by atoms with Crippen LogP contribution in [0.1, 0.15) is 40.1 Å². The summed E-state index contributed by atoms with van der Waals surface area (Å²) in [5.74, 6) is -0.832. The van der Waals surface area contributed by atoms with Gasteiger partial charge in [-0.2, -0.15) is 0 Å². The Labute approximate surface area is 156 Å². The highest BCUT2D eigenvalue weighted by Gasteiger charge is 2.32. The predicted molar refractivity (Wildman–Crippen MR) is 103 cm³/mol. The highest BCUT2D eigenvalue weighted by Crippen LogP contribution is 2.25. The van der Waals surface area contributed by atoms with Gasteiger partial charge in [-0.1, -0.05) is 26.0 Å². The predicted octanol–water partition coefficient (Wildman–Crippen LogP) is 3.59. The normalized spacial score (nSPS) is 13.3. The second-order valence-corrected chi connectivity index (χ2v) is 8.12. The van der Waals surface area contributed by atoms with Gasteiger partial charge in [0.25, 0.3) is 11.8 Å². The summed E-state index contributed by atoms with van der Waals surface area (Å²) in [6.07, 6.45) is 0.247. The fourth-order valence-electron chi connectivity index (χ4n) is 2.79. The van der Waals surface area contributed by atoms with E-state index in [0.717, 1.165) is 10.5 Å². The van der Waals surface area contributed by atoms with Crippen molar-refractivity contribution in [2.45, 2.75) is 30.4 Å². The molecule has 134 valence electrons. The zero-order valence-electron chi connectivity index (χ0n) is 14.9. The van der Waals surface area contributed by atoms with E-state index in [9.17, 15) is 14.4 Å². The molecule has 0 atom stereocenters. The third kappa shape index (κ3) is 3.80. The van der Waals surface area contributed by atoms with Crippen molar-refractivity contribution in [1.29, 1.82) is 0 Å². The first-order valence-electron chi connectivity index (χ1n) is 8.37. The van der Waals surface area contributed by atoms with Crippen molar-refractivity contribution in [3.63, 3.8) is 0 Å². The van der Waals surface area contributed by atoms with E-state index in [4.69, 9.17) is 0 Å². The molecular formula is C20H20N2O3S. The molecule has 1 heterocycles. The molecule has 6 heteroatoms. The van der Waals surface area contributed by atoms with Crippen LogP contribution in [0.3, 0.4) is 0 Å². The molecule has 0 saturated carbocycles. The molecule has 0 bridgehead atoms. The molecule has 1 N–H and O–H groups in total. The number of hydrogen-bond donors (Lipinski definition) is 1. The molecule has 0 saturated heterocycles. The topological polar surface area (TPSA) is 66.5 Å². The molecule has 0 aliphatic carbocycles. The van der Waals surface area contributed by atoms with Crippen LogP contribution in [0, 0.1) is 0 Å². The van der Waals surface area contributed by atoms with E-state index in [2.05, 4.69) is 19.2 Å². The molecule has 2 aromatic rings. The van der Waals surface area contributed by atoms with Crippen LogP contribution in [0.2, 0.25) is 0 Å². The van der Waals surface area contributed by atoms with E-state index in [1.807, 2.05) is 24.3 Å². The Kier molecular flexibility index (Phi) is 5.13. The number of carbonyl (C=O) groups excluding carboxylic acids is 3. The fourth-order valence-corrected chi connectivity index (χ4v) is 3.63. The van der Waals surface area contributed by atoms with Gasteiger partial charge in [-0.05, 0) is 35.9 Å². The van der Waals surface area contributed by atoms with Crippen molar-refractivity contribution in [2.24, 2.45) is 0 Å². The van der Waals surface area contributed by atoms with Crippen LogP contribution in [0.25, 0.3) is 0 Å². The number of nitrogens with zero attached hydrogens (tertiary/aromatic N) is 1. The Bertz CT molecular complexity index is 875. The van der Waals surface area contributed by atoms with Crippen LogP contribution < -0.4 is 5.32 Å². The number of carbonyl (C=O) groups is 3. The third-order valence-corrected chi connectivity index (χ3v) is 5.05. The molecule has 3 rings (SSSR count). The number of rotatable bonds is 5. The Morgan fingerprint density at radius 2 is 1.69 bits per heavy atom. The molecule has 1 aliphatic heterocycles. The van der Waals surface area contributed by atoms with Gasteiger partial charge in [0.2, 0.25) is 5.91 Å². The van der Waals surface area contributed by atoms with Gasteiger partial charge in [-0.25, -0.2) is 0 Å². The minimum atomic E-state index is -0.348. The highest BCUT2D eigenvalue weighted by molar-refractivity contribution is 7.99. The number of hydrogen-bond acceptors (Lipinski definition) is 4. The average molecular weight is 368 g/mol. The Morgan fingerprint density at radius 3 is 2.35 bits per heavy atom. The third-order valence-electron chi connectivity index (χ3n) is 4.03. The molecule has 2 aromatic carbocycles. The zero-order chi connectivity index (χ0) is 18.8. The van der Waals surface area contributed by atoms with E-state index < -0.39 is 0 Å². The molecule has 26 heavy (non-hydrogen) atoms. The molecule has 3 amide bonds. The van der Waals surface area contributed by atoms with Crippen molar-refractivity contribution in [2.75, 3.05) is 12.4 Å². The Balaban J connectivity index is 1.66. The Morgan fingerprint density at radius 1 is 1.04 bits per heavy atom. The van der Waals surface area contributed by atoms with E-state index in [1.54, 1.807) is 30.0 Å². The number of fused-ring (bicyclic) bond motifs is 1. The first-order valence-corrected chi connectivity index (χ1v) is 9.25. The molecule has 0 radical (unpaired) electrons. The highest BCUT2D eigenvalue weighted by atomic mass is 32.2. The van der Waals surface area contributed by atoms with Crippen LogP contribution in [-0.4, -0.2) is 34.9 Å². The monoisotopic (exact) mass is 368 g/mol. The van der Waals surface area contributed by atoms with Crippen molar-refractivity contribution < 1.29 is 14.4 Å². The standard InChI is InChI=1S/C20H20N2O3S/c1-12(2)26-15-7-4-13(5-8-15)10-18(23)21-14-6-9-16-17(11-14)20(25)22(3)19(16)24/h4-9,11-12H,10H2,1-3H3,(H,21,23). The molecule has 0 unspecified atom stereocenters. The van der Waals surface area contributed by atoms with Crippen LogP contribution >= 0.6 is 11.8 Å². The first kappa shape index (κ1) is 18.2. The number of thioether (sulfide) groups is 1. The van der Waals surface area contributed by atoms with Gasteiger partial charge >= 0.3 is 0 Å². The van der Waals surface area contributed by atoms with Crippen LogP contribution in [0.15, 0.2) is 47.4 Å². The number of nitrogens with one attached hydrogen (secondary N) is 1. The smallest absolute Gasteiger partial charge is 0.261 e. The minimum Gasteiger partial charge on any atom is -0.326 e. The van der Waals surface area contributed by atoms with E-state index in [1.165, 1.54) is 11.9 Å². The van der Waals surface area contributed by atoms with Crippen molar-refractivity contribution in [3.05, 3.63) is 59.2 Å². The maximum absolute atomic E-state index is 12.3. The van der Waals surface area contributed by atoms with Gasteiger partial charge in [0.05, 0.1) is 17.5 Å². The molecule has 0 fully saturated rings. The number of amides is 3. The minimum absolute atomic E-state index is 0.167. The van der Waals surface area contributed by atoms with Crippen LogP contribution in [0.5, 0.6) is 0 Å². The summed E-state index contributed by atoms with van der Waals surface area (Å²) in [5, 5.41) is 3.30. The second kappa shape index (κ2) is 7.33. The van der Waals surface area contributed by atoms with Gasteiger partial charge in [-0.15, -0.1) is 11.8 Å². The van der Waals surface area contributed by atoms with Crippen LogP contribution in [0.4, 0.5) is 5.69 Å². The van der Waals surface area contributed by atoms with E-state index in [0.29, 0.717) is 22.1 Å². The first-order chi connectivity index (χ1) is 12.3. The lowest BCUT2D eigenvalue weighted by atomic mass is 10.1. The lowest BCUT2D eigenvalue weighted by Crippen LogP contribution is -2.24. The summed E-state index contributed by atoms with van der Waals surface area (Å²) in [4.78, 5) is 38.5. The van der Waals surface area contributed by atoms with Gasteiger partial charge < -0.3 is 5.32 Å². The quantitative estimate of drug-likeness (QED) is 0.647. The Hall–Kier alpha value is -2.60. The summed E-state index contributed by atoms with van der Waals surface area (Å²) in [6.45, 7) is 4.28. The maximum Gasteiger partial charge on any atom is 0.261 e. The maximum atomic E-state index is 12.3. The molecule has 1 aliphatic rings. The average Bonchev–Trinajstić information content (AvgIpc) is 2.80. The molecule has 0 spiro atoms. The summed E-state index contributed by atoms with van der Waals surface area (Å²) in [6, 6.07) is 12.7. The number of anilines is 1. The van der Waals surface area contributed by atoms with Gasteiger partial charge in [-0.3, -0.25) is 19.3 Å². The SMILES string of the molecule is CC(C)Sc1ccc(CC(=O)Nc2ccc3c(c2)C(=O)N(C)C3=O)cc1. The number of benzene rings is 2. The second-order valence-electron chi connectivity index (χ2n) is 6.47. The summed E-state index contributed by atoms with van der Waals surface area (Å²) in [5.41, 5.74) is 2.12. The van der Waals surface area contributed by atoms with Crippen LogP contribution in [-0.2, 0) is 11.2 Å². The van der Waals surface area contributed by atoms with Crippen molar-refractivity contribution >= 4 is 35.2 Å². The molecular weight excluding hydrogens is 348 g/mol. The zero-order valence-corrected chi connectivity index (χ0v) is 15.7. The van der Waals surface area contributed by atoms with Crippen molar-refractivity contribution in [3.8, 4) is 0 Å². The van der Waals surface area contributed by atoms with E-state index in [-0.39, 0.29) is 24.1 Å². The largest absolute Gasteiger partial charge is 0.326 e. The molecule has 5 nitrogen and oxygen atoms in total. The van der Waals surface area contributed by atoms with Gasteiger partial charge in [0, 0.05) is 22.9 Å². The fraction of sp³-hybridized carbons (Fsp3) is 0.250. The summed E-state index contributed by atoms with van der Waals surface area (Å²) >= 11 is 1.78. The molecule has 0 aromatic heterocycles. The lowest BCUT2D eigenvalue weighted by Gasteiger charge is -2.08. The lowest BCUT2D eigenvalue weighted by molar-refractivity contribution is -0.115. The summed E-state index contributed by atoms with van der Waals surface area (Å²) < 4.78 is 0. The van der Waals surface area contributed by atoms with Gasteiger partial charge in [0.15, 0.2) is 0 Å².